The van der Waals surface area contributed by atoms with Crippen molar-refractivity contribution in [1.82, 2.24) is 0 Å². The molecule has 0 radical (unpaired) electrons. The van der Waals surface area contributed by atoms with E-state index in [1.807, 2.05) is 30.3 Å². The number of nitrogens with zero attached hydrogens (tertiary/aromatic N) is 1. The van der Waals surface area contributed by atoms with Crippen LogP contribution in [0.2, 0.25) is 5.02 Å². The molecule has 0 aromatic heterocycles. The van der Waals surface area contributed by atoms with Gasteiger partial charge in [0, 0.05) is 6.07 Å². The van der Waals surface area contributed by atoms with Gasteiger partial charge in [-0.3, -0.25) is 14.9 Å². The highest BCUT2D eigenvalue weighted by Crippen LogP contribution is 2.36. The smallest absolute Gasteiger partial charge is 0.286 e. The number of rotatable bonds is 7. The van der Waals surface area contributed by atoms with E-state index in [4.69, 9.17) is 21.1 Å². The number of methoxy groups -OCH3 is 1. The summed E-state index contributed by atoms with van der Waals surface area (Å²) in [6, 6.07) is 18.4. The summed E-state index contributed by atoms with van der Waals surface area (Å²) in [5, 5.41) is 14.5. The molecule has 1 amide bonds. The summed E-state index contributed by atoms with van der Waals surface area (Å²) in [4.78, 5) is 23.6. The lowest BCUT2D eigenvalue weighted by Crippen LogP contribution is -2.15. The van der Waals surface area contributed by atoms with Crippen LogP contribution in [0.1, 0.15) is 15.9 Å². The molecule has 0 aliphatic carbocycles. The number of benzene rings is 3. The van der Waals surface area contributed by atoms with Crippen LogP contribution in [-0.4, -0.2) is 17.9 Å². The minimum atomic E-state index is -0.683. The lowest BCUT2D eigenvalue weighted by atomic mass is 10.1. The quantitative estimate of drug-likeness (QED) is 0.431. The van der Waals surface area contributed by atoms with Gasteiger partial charge in [0.15, 0.2) is 11.5 Å². The van der Waals surface area contributed by atoms with Gasteiger partial charge in [0.1, 0.15) is 12.2 Å². The molecular weight excluding hydrogens is 396 g/mol. The normalized spacial score (nSPS) is 10.3. The van der Waals surface area contributed by atoms with Crippen molar-refractivity contribution in [3.63, 3.8) is 0 Å². The second-order valence-corrected chi connectivity index (χ2v) is 6.39. The molecule has 148 valence electrons. The Hall–Kier alpha value is -3.58. The fourth-order valence-electron chi connectivity index (χ4n) is 2.64. The number of halogens is 1. The van der Waals surface area contributed by atoms with E-state index in [0.29, 0.717) is 10.7 Å². The molecule has 0 unspecified atom stereocenters. The largest absolute Gasteiger partial charge is 0.493 e. The number of ether oxygens (including phenoxy) is 2. The van der Waals surface area contributed by atoms with E-state index in [1.165, 1.54) is 19.2 Å². The van der Waals surface area contributed by atoms with Crippen molar-refractivity contribution in [1.29, 1.82) is 0 Å². The number of nitrogens with one attached hydrogen (secondary N) is 1. The third kappa shape index (κ3) is 4.83. The van der Waals surface area contributed by atoms with Crippen molar-refractivity contribution >= 4 is 28.9 Å². The second-order valence-electron chi connectivity index (χ2n) is 5.99. The van der Waals surface area contributed by atoms with Gasteiger partial charge in [-0.2, -0.15) is 0 Å². The van der Waals surface area contributed by atoms with Crippen LogP contribution < -0.4 is 14.8 Å². The molecule has 0 aliphatic heterocycles. The molecule has 0 aliphatic rings. The standard InChI is InChI=1S/C21H17ClN2O5/c1-28-19-11-15(21(25)23-17-10-6-5-9-16(17)22)18(24(26)27)12-20(19)29-13-14-7-3-2-4-8-14/h2-12H,13H2,1H3,(H,23,25). The van der Waals surface area contributed by atoms with E-state index in [-0.39, 0.29) is 23.7 Å². The SMILES string of the molecule is COc1cc(C(=O)Nc2ccccc2Cl)c([N+](=O)[O-])cc1OCc1ccccc1. The molecule has 0 fully saturated rings. The highest BCUT2D eigenvalue weighted by atomic mass is 35.5. The predicted octanol–water partition coefficient (Wildman–Crippen LogP) is 5.09. The lowest BCUT2D eigenvalue weighted by molar-refractivity contribution is -0.385. The van der Waals surface area contributed by atoms with Gasteiger partial charge in [-0.1, -0.05) is 54.1 Å². The molecule has 3 rings (SSSR count). The van der Waals surface area contributed by atoms with Crippen molar-refractivity contribution < 1.29 is 19.2 Å². The maximum atomic E-state index is 12.7. The molecule has 0 bridgehead atoms. The molecule has 0 spiro atoms. The minimum Gasteiger partial charge on any atom is -0.493 e. The van der Waals surface area contributed by atoms with E-state index in [2.05, 4.69) is 5.32 Å². The Bertz CT molecular complexity index is 1040. The van der Waals surface area contributed by atoms with Crippen molar-refractivity contribution in [2.24, 2.45) is 0 Å². The van der Waals surface area contributed by atoms with Gasteiger partial charge >= 0.3 is 0 Å². The molecule has 0 saturated heterocycles. The average molecular weight is 413 g/mol. The number of nitro groups is 1. The fraction of sp³-hybridized carbons (Fsp3) is 0.0952. The van der Waals surface area contributed by atoms with E-state index < -0.39 is 16.5 Å². The van der Waals surface area contributed by atoms with Gasteiger partial charge in [0.2, 0.25) is 0 Å². The Kier molecular flexibility index (Phi) is 6.31. The van der Waals surface area contributed by atoms with Crippen LogP contribution in [-0.2, 0) is 6.61 Å². The number of carbonyl (C=O) groups is 1. The maximum absolute atomic E-state index is 12.7. The topological polar surface area (TPSA) is 90.7 Å². The summed E-state index contributed by atoms with van der Waals surface area (Å²) in [5.74, 6) is -0.314. The number of anilines is 1. The number of para-hydroxylation sites is 1. The first-order valence-electron chi connectivity index (χ1n) is 8.58. The van der Waals surface area contributed by atoms with Crippen molar-refractivity contribution in [3.05, 3.63) is 93.0 Å². The monoisotopic (exact) mass is 412 g/mol. The second kappa shape index (κ2) is 9.07. The van der Waals surface area contributed by atoms with E-state index in [1.54, 1.807) is 24.3 Å². The summed E-state index contributed by atoms with van der Waals surface area (Å²) in [6.07, 6.45) is 0. The molecule has 1 N–H and O–H groups in total. The Morgan fingerprint density at radius 2 is 1.76 bits per heavy atom. The minimum absolute atomic E-state index is 0.164. The first-order valence-corrected chi connectivity index (χ1v) is 8.96. The van der Waals surface area contributed by atoms with Crippen LogP contribution >= 0.6 is 11.6 Å². The van der Waals surface area contributed by atoms with Gasteiger partial charge in [-0.15, -0.1) is 0 Å². The Morgan fingerprint density at radius 3 is 2.41 bits per heavy atom. The molecule has 0 heterocycles. The van der Waals surface area contributed by atoms with Crippen LogP contribution in [0.5, 0.6) is 11.5 Å². The molecular formula is C21H17ClN2O5. The fourth-order valence-corrected chi connectivity index (χ4v) is 2.82. The molecule has 3 aromatic rings. The Labute approximate surface area is 172 Å². The number of hydrogen-bond acceptors (Lipinski definition) is 5. The highest BCUT2D eigenvalue weighted by Gasteiger charge is 2.25. The van der Waals surface area contributed by atoms with Crippen molar-refractivity contribution in [2.75, 3.05) is 12.4 Å². The molecule has 0 atom stereocenters. The number of amides is 1. The van der Waals surface area contributed by atoms with Gasteiger partial charge in [-0.25, -0.2) is 0 Å². The third-order valence-electron chi connectivity index (χ3n) is 4.08. The highest BCUT2D eigenvalue weighted by molar-refractivity contribution is 6.34. The summed E-state index contributed by atoms with van der Waals surface area (Å²) >= 11 is 6.05. The van der Waals surface area contributed by atoms with Gasteiger partial charge in [0.05, 0.1) is 28.8 Å². The summed E-state index contributed by atoms with van der Waals surface area (Å²) in [5.41, 5.74) is 0.659. The Morgan fingerprint density at radius 1 is 1.07 bits per heavy atom. The first kappa shape index (κ1) is 20.2. The molecule has 3 aromatic carbocycles. The van der Waals surface area contributed by atoms with Crippen molar-refractivity contribution in [3.8, 4) is 11.5 Å². The zero-order valence-corrected chi connectivity index (χ0v) is 16.2. The van der Waals surface area contributed by atoms with Crippen LogP contribution in [0.4, 0.5) is 11.4 Å². The van der Waals surface area contributed by atoms with E-state index in [0.717, 1.165) is 5.56 Å². The number of carbonyl (C=O) groups excluding carboxylic acids is 1. The third-order valence-corrected chi connectivity index (χ3v) is 4.41. The Balaban J connectivity index is 1.92. The van der Waals surface area contributed by atoms with Crippen LogP contribution in [0.3, 0.4) is 0 Å². The van der Waals surface area contributed by atoms with E-state index in [9.17, 15) is 14.9 Å². The molecule has 7 nitrogen and oxygen atoms in total. The zero-order valence-electron chi connectivity index (χ0n) is 15.4. The number of hydrogen-bond donors (Lipinski definition) is 1. The molecule has 0 saturated carbocycles. The number of nitro benzene ring substituents is 1. The van der Waals surface area contributed by atoms with Crippen LogP contribution in [0.25, 0.3) is 0 Å². The lowest BCUT2D eigenvalue weighted by Gasteiger charge is -2.13. The van der Waals surface area contributed by atoms with Crippen LogP contribution in [0, 0.1) is 10.1 Å². The zero-order chi connectivity index (χ0) is 20.8. The van der Waals surface area contributed by atoms with Crippen LogP contribution in [0.15, 0.2) is 66.7 Å². The summed E-state index contributed by atoms with van der Waals surface area (Å²) < 4.78 is 11.0. The summed E-state index contributed by atoms with van der Waals surface area (Å²) in [6.45, 7) is 0.194. The summed E-state index contributed by atoms with van der Waals surface area (Å²) in [7, 11) is 1.40. The van der Waals surface area contributed by atoms with Crippen molar-refractivity contribution in [2.45, 2.75) is 6.61 Å². The van der Waals surface area contributed by atoms with Gasteiger partial charge in [0.25, 0.3) is 11.6 Å². The average Bonchev–Trinajstić information content (AvgIpc) is 2.73. The molecule has 29 heavy (non-hydrogen) atoms. The van der Waals surface area contributed by atoms with Gasteiger partial charge < -0.3 is 14.8 Å². The maximum Gasteiger partial charge on any atom is 0.286 e. The van der Waals surface area contributed by atoms with Gasteiger partial charge in [-0.05, 0) is 17.7 Å². The molecule has 8 heteroatoms. The van der Waals surface area contributed by atoms with E-state index >= 15 is 0 Å². The first-order chi connectivity index (χ1) is 14.0. The predicted molar refractivity (Wildman–Crippen MR) is 110 cm³/mol.